The van der Waals surface area contributed by atoms with E-state index in [0.29, 0.717) is 53.2 Å². The highest BCUT2D eigenvalue weighted by Gasteiger charge is 2.30. The number of methoxy groups -OCH3 is 5. The van der Waals surface area contributed by atoms with Crippen LogP contribution in [0.4, 0.5) is 0 Å². The van der Waals surface area contributed by atoms with E-state index in [0.717, 1.165) is 23.1 Å². The SMILES string of the molecule is COc1cc(OC)c(Cc2ccc(C(=O)N3Cc4cc(OC)c(OC)cc4CC3C)o2)c(OC)c1. The van der Waals surface area contributed by atoms with Crippen molar-refractivity contribution in [2.24, 2.45) is 0 Å². The maximum Gasteiger partial charge on any atom is 0.290 e. The fraction of sp³-hybridized carbons (Fsp3) is 0.370. The number of hydrogen-bond acceptors (Lipinski definition) is 7. The van der Waals surface area contributed by atoms with E-state index in [1.807, 2.05) is 30.0 Å². The van der Waals surface area contributed by atoms with Crippen LogP contribution in [0.25, 0.3) is 0 Å². The Morgan fingerprint density at radius 2 is 1.46 bits per heavy atom. The van der Waals surface area contributed by atoms with Crippen molar-refractivity contribution in [1.82, 2.24) is 4.90 Å². The minimum atomic E-state index is -0.155. The molecule has 2 heterocycles. The lowest BCUT2D eigenvalue weighted by molar-refractivity contribution is 0.0623. The molecule has 0 aliphatic carbocycles. The number of amides is 1. The molecule has 35 heavy (non-hydrogen) atoms. The maximum absolute atomic E-state index is 13.4. The molecule has 0 bridgehead atoms. The van der Waals surface area contributed by atoms with Crippen LogP contribution in [0.5, 0.6) is 28.7 Å². The van der Waals surface area contributed by atoms with Crippen molar-refractivity contribution >= 4 is 5.91 Å². The zero-order chi connectivity index (χ0) is 25.1. The van der Waals surface area contributed by atoms with Gasteiger partial charge in [-0.3, -0.25) is 4.79 Å². The average Bonchev–Trinajstić information content (AvgIpc) is 3.35. The highest BCUT2D eigenvalue weighted by molar-refractivity contribution is 5.92. The number of rotatable bonds is 8. The third kappa shape index (κ3) is 4.73. The first-order valence-corrected chi connectivity index (χ1v) is 11.3. The van der Waals surface area contributed by atoms with Crippen LogP contribution in [-0.4, -0.2) is 52.4 Å². The molecule has 1 amide bonds. The summed E-state index contributed by atoms with van der Waals surface area (Å²) < 4.78 is 33.3. The number of benzene rings is 2. The second kappa shape index (κ2) is 10.2. The Labute approximate surface area is 205 Å². The first-order chi connectivity index (χ1) is 16.9. The summed E-state index contributed by atoms with van der Waals surface area (Å²) in [4.78, 5) is 15.2. The van der Waals surface area contributed by atoms with E-state index in [2.05, 4.69) is 0 Å². The van der Waals surface area contributed by atoms with Gasteiger partial charge >= 0.3 is 0 Å². The number of fused-ring (bicyclic) bond motifs is 1. The quantitative estimate of drug-likeness (QED) is 0.469. The Morgan fingerprint density at radius 1 is 0.857 bits per heavy atom. The first-order valence-electron chi connectivity index (χ1n) is 11.3. The summed E-state index contributed by atoms with van der Waals surface area (Å²) in [5, 5.41) is 0. The van der Waals surface area contributed by atoms with Gasteiger partial charge in [0.25, 0.3) is 5.91 Å². The van der Waals surface area contributed by atoms with E-state index >= 15 is 0 Å². The molecule has 0 radical (unpaired) electrons. The second-order valence-corrected chi connectivity index (χ2v) is 8.42. The molecule has 0 N–H and O–H groups in total. The molecule has 0 fully saturated rings. The Kier molecular flexibility index (Phi) is 7.10. The molecular weight excluding hydrogens is 450 g/mol. The highest BCUT2D eigenvalue weighted by atomic mass is 16.5. The standard InChI is InChI=1S/C27H31NO7/c1-16-9-17-10-25(33-5)26(34-6)11-18(17)15-28(16)27(29)22-8-7-19(35-22)12-21-23(31-3)13-20(30-2)14-24(21)32-4/h7-8,10-11,13-14,16H,9,12,15H2,1-6H3. The fourth-order valence-corrected chi connectivity index (χ4v) is 4.50. The topological polar surface area (TPSA) is 79.6 Å². The van der Waals surface area contributed by atoms with Crippen LogP contribution in [-0.2, 0) is 19.4 Å². The number of carbonyl (C=O) groups excluding carboxylic acids is 1. The van der Waals surface area contributed by atoms with Gasteiger partial charge in [0, 0.05) is 36.7 Å². The Morgan fingerprint density at radius 3 is 2.03 bits per heavy atom. The van der Waals surface area contributed by atoms with Crippen LogP contribution in [0.15, 0.2) is 40.8 Å². The second-order valence-electron chi connectivity index (χ2n) is 8.42. The third-order valence-corrected chi connectivity index (χ3v) is 6.40. The lowest BCUT2D eigenvalue weighted by Crippen LogP contribution is -2.42. The molecule has 4 rings (SSSR count). The van der Waals surface area contributed by atoms with Gasteiger partial charge in [-0.2, -0.15) is 0 Å². The van der Waals surface area contributed by atoms with E-state index in [1.165, 1.54) is 0 Å². The number of ether oxygens (including phenoxy) is 5. The average molecular weight is 482 g/mol. The molecule has 0 saturated heterocycles. The van der Waals surface area contributed by atoms with Crippen LogP contribution in [0.3, 0.4) is 0 Å². The summed E-state index contributed by atoms with van der Waals surface area (Å²) in [6.07, 6.45) is 1.12. The van der Waals surface area contributed by atoms with Crippen molar-refractivity contribution in [2.75, 3.05) is 35.5 Å². The maximum atomic E-state index is 13.4. The Bertz CT molecular complexity index is 1190. The molecule has 2 aromatic carbocycles. The number of nitrogens with zero attached hydrogens (tertiary/aromatic N) is 1. The largest absolute Gasteiger partial charge is 0.496 e. The third-order valence-electron chi connectivity index (χ3n) is 6.40. The van der Waals surface area contributed by atoms with Crippen molar-refractivity contribution in [2.45, 2.75) is 32.4 Å². The molecule has 3 aromatic rings. The molecule has 0 spiro atoms. The molecule has 1 aliphatic rings. The number of carbonyl (C=O) groups is 1. The molecule has 8 nitrogen and oxygen atoms in total. The molecule has 1 aromatic heterocycles. The van der Waals surface area contributed by atoms with E-state index in [1.54, 1.807) is 53.7 Å². The molecular formula is C27H31NO7. The van der Waals surface area contributed by atoms with Gasteiger partial charge < -0.3 is 33.0 Å². The predicted molar refractivity (Wildman–Crippen MR) is 130 cm³/mol. The molecule has 1 unspecified atom stereocenters. The van der Waals surface area contributed by atoms with Crippen molar-refractivity contribution in [3.63, 3.8) is 0 Å². The van der Waals surface area contributed by atoms with Crippen LogP contribution >= 0.6 is 0 Å². The van der Waals surface area contributed by atoms with E-state index in [9.17, 15) is 4.79 Å². The summed E-state index contributed by atoms with van der Waals surface area (Å²) >= 11 is 0. The minimum Gasteiger partial charge on any atom is -0.496 e. The van der Waals surface area contributed by atoms with E-state index < -0.39 is 0 Å². The Hall–Kier alpha value is -3.81. The van der Waals surface area contributed by atoms with Crippen LogP contribution in [0, 0.1) is 0 Å². The van der Waals surface area contributed by atoms with Crippen LogP contribution in [0.1, 0.15) is 39.9 Å². The number of furan rings is 1. The predicted octanol–water partition coefficient (Wildman–Crippen LogP) is 4.50. The van der Waals surface area contributed by atoms with Gasteiger partial charge in [-0.05, 0) is 48.7 Å². The van der Waals surface area contributed by atoms with Crippen molar-refractivity contribution in [3.8, 4) is 28.7 Å². The zero-order valence-electron chi connectivity index (χ0n) is 21.0. The van der Waals surface area contributed by atoms with E-state index in [4.69, 9.17) is 28.1 Å². The lowest BCUT2D eigenvalue weighted by Gasteiger charge is -2.34. The van der Waals surface area contributed by atoms with Crippen molar-refractivity contribution < 1.29 is 32.9 Å². The first kappa shape index (κ1) is 24.3. The summed E-state index contributed by atoms with van der Waals surface area (Å²) in [5.41, 5.74) is 3.00. The van der Waals surface area contributed by atoms with Gasteiger partial charge in [-0.1, -0.05) is 0 Å². The van der Waals surface area contributed by atoms with Gasteiger partial charge in [0.2, 0.25) is 0 Å². The molecule has 8 heteroatoms. The minimum absolute atomic E-state index is 0.00317. The summed E-state index contributed by atoms with van der Waals surface area (Å²) in [7, 11) is 8.00. The van der Waals surface area contributed by atoms with Crippen molar-refractivity contribution in [1.29, 1.82) is 0 Å². The number of hydrogen-bond donors (Lipinski definition) is 0. The van der Waals surface area contributed by atoms with Crippen LogP contribution in [0.2, 0.25) is 0 Å². The smallest absolute Gasteiger partial charge is 0.290 e. The molecule has 1 atom stereocenters. The Balaban J connectivity index is 1.56. The zero-order valence-corrected chi connectivity index (χ0v) is 21.0. The molecule has 1 aliphatic heterocycles. The van der Waals surface area contributed by atoms with Gasteiger partial charge in [0.05, 0.1) is 35.5 Å². The van der Waals surface area contributed by atoms with E-state index in [-0.39, 0.29) is 11.9 Å². The summed E-state index contributed by atoms with van der Waals surface area (Å²) in [6.45, 7) is 2.50. The van der Waals surface area contributed by atoms with Gasteiger partial charge in [-0.15, -0.1) is 0 Å². The lowest BCUT2D eigenvalue weighted by atomic mass is 9.94. The monoisotopic (exact) mass is 481 g/mol. The normalized spacial score (nSPS) is 14.8. The molecule has 186 valence electrons. The van der Waals surface area contributed by atoms with Gasteiger partial charge in [0.1, 0.15) is 23.0 Å². The van der Waals surface area contributed by atoms with Gasteiger partial charge in [-0.25, -0.2) is 0 Å². The fourth-order valence-electron chi connectivity index (χ4n) is 4.50. The highest BCUT2D eigenvalue weighted by Crippen LogP contribution is 2.37. The van der Waals surface area contributed by atoms with Gasteiger partial charge in [0.15, 0.2) is 17.3 Å². The molecule has 0 saturated carbocycles. The summed E-state index contributed by atoms with van der Waals surface area (Å²) in [5.74, 6) is 3.99. The van der Waals surface area contributed by atoms with Crippen molar-refractivity contribution in [3.05, 3.63) is 64.6 Å². The van der Waals surface area contributed by atoms with Crippen LogP contribution < -0.4 is 23.7 Å². The summed E-state index contributed by atoms with van der Waals surface area (Å²) in [6, 6.07) is 11.1.